The molecule has 0 aliphatic carbocycles. The molecule has 0 unspecified atom stereocenters. The van der Waals surface area contributed by atoms with Gasteiger partial charge in [-0.05, 0) is 6.92 Å². The number of hydrogen-bond donors (Lipinski definition) is 2. The molecule has 0 bridgehead atoms. The Morgan fingerprint density at radius 1 is 1.29 bits per heavy atom. The van der Waals surface area contributed by atoms with Gasteiger partial charge in [-0.15, -0.1) is 0 Å². The highest BCUT2D eigenvalue weighted by Crippen LogP contribution is 1.56. The molecule has 0 aromatic heterocycles. The molecule has 0 radical (unpaired) electrons. The molecule has 4 N–H and O–H groups in total. The quantitative estimate of drug-likeness (QED) is 0.444. The second kappa shape index (κ2) is 9.33. The predicted octanol–water partition coefficient (Wildman–Crippen LogP) is 0.666. The molecule has 7 heavy (non-hydrogen) atoms. The maximum Gasteiger partial charge on any atom is 0.0491 e. The van der Waals surface area contributed by atoms with Crippen LogP contribution in [-0.4, -0.2) is 6.17 Å². The van der Waals surface area contributed by atoms with Gasteiger partial charge in [-0.25, -0.2) is 0 Å². The van der Waals surface area contributed by atoms with Crippen LogP contribution >= 0.6 is 0 Å². The molecule has 2 heteroatoms. The third kappa shape index (κ3) is 14200. The minimum Gasteiger partial charge on any atom is -0.316 e. The van der Waals surface area contributed by atoms with Crippen molar-refractivity contribution in [3.05, 3.63) is 0 Å². The Bertz CT molecular complexity index is 17.3. The fourth-order valence-corrected chi connectivity index (χ4v) is 0. The second-order valence-corrected chi connectivity index (χ2v) is 1.57. The molecule has 0 atom stereocenters. The van der Waals surface area contributed by atoms with Crippen LogP contribution in [0.25, 0.3) is 0 Å². The van der Waals surface area contributed by atoms with Gasteiger partial charge in [0.25, 0.3) is 0 Å². The largest absolute Gasteiger partial charge is 0.316 e. The van der Waals surface area contributed by atoms with Gasteiger partial charge in [-0.2, -0.15) is 0 Å². The van der Waals surface area contributed by atoms with Crippen molar-refractivity contribution in [3.8, 4) is 0 Å². The van der Waals surface area contributed by atoms with E-state index in [0.29, 0.717) is 0 Å². The summed E-state index contributed by atoms with van der Waals surface area (Å²) in [6.45, 7) is 5.97. The molecule has 0 heterocycles. The van der Waals surface area contributed by atoms with E-state index in [2.05, 4.69) is 13.8 Å². The Morgan fingerprint density at radius 3 is 1.29 bits per heavy atom. The zero-order valence-electron chi connectivity index (χ0n) is 5.44. The molecule has 0 aromatic rings. The van der Waals surface area contributed by atoms with Crippen LogP contribution in [0.4, 0.5) is 0 Å². The molecular weight excluding hydrogens is 88.1 g/mol. The van der Waals surface area contributed by atoms with Crippen molar-refractivity contribution in [2.24, 2.45) is 11.5 Å². The number of rotatable bonds is 0. The summed E-state index contributed by atoms with van der Waals surface area (Å²) in [5, 5.41) is 0. The van der Waals surface area contributed by atoms with Crippen LogP contribution in [0.2, 0.25) is 0 Å². The van der Waals surface area contributed by atoms with E-state index in [0.717, 1.165) is 0 Å². The maximum atomic E-state index is 4.89. The van der Waals surface area contributed by atoms with Crippen molar-refractivity contribution < 1.29 is 0 Å². The van der Waals surface area contributed by atoms with Crippen LogP contribution in [0, 0.1) is 0 Å². The summed E-state index contributed by atoms with van der Waals surface area (Å²) in [5.41, 5.74) is 9.78. The Balaban J connectivity index is 0. The monoisotopic (exact) mass is 104 g/mol. The molecule has 0 aromatic carbocycles. The van der Waals surface area contributed by atoms with Crippen LogP contribution in [0.5, 0.6) is 0 Å². The Labute approximate surface area is 45.9 Å². The Hall–Kier alpha value is -0.0800. The standard InChI is InChI=1S/C3H8.C2H8N2/c1-3-2;1-2(3)4/h3H2,1-2H3;2H,3-4H2,1H3. The highest BCUT2D eigenvalue weighted by atomic mass is 14.8. The zero-order chi connectivity index (χ0) is 6.28. The molecule has 0 fully saturated rings. The van der Waals surface area contributed by atoms with Gasteiger partial charge in [0.15, 0.2) is 0 Å². The van der Waals surface area contributed by atoms with Gasteiger partial charge in [0.1, 0.15) is 0 Å². The zero-order valence-corrected chi connectivity index (χ0v) is 5.44. The lowest BCUT2D eigenvalue weighted by atomic mass is 10.6. The van der Waals surface area contributed by atoms with Crippen LogP contribution < -0.4 is 11.5 Å². The van der Waals surface area contributed by atoms with Crippen LogP contribution in [0.3, 0.4) is 0 Å². The van der Waals surface area contributed by atoms with E-state index in [-0.39, 0.29) is 6.17 Å². The highest BCUT2D eigenvalue weighted by molar-refractivity contribution is 4.28. The summed E-state index contributed by atoms with van der Waals surface area (Å²) < 4.78 is 0. The highest BCUT2D eigenvalue weighted by Gasteiger charge is 1.66. The van der Waals surface area contributed by atoms with Crippen molar-refractivity contribution in [2.45, 2.75) is 33.4 Å². The minimum atomic E-state index is -0.167. The number of hydrogen-bond acceptors (Lipinski definition) is 2. The molecular formula is C5H16N2. The molecule has 46 valence electrons. The average Bonchev–Trinajstić information content (AvgIpc) is 1.33. The summed E-state index contributed by atoms with van der Waals surface area (Å²) in [6.07, 6.45) is 1.08. The van der Waals surface area contributed by atoms with Crippen molar-refractivity contribution in [2.75, 3.05) is 0 Å². The molecule has 0 aliphatic rings. The third-order valence-electron chi connectivity index (χ3n) is 0. The van der Waals surface area contributed by atoms with Crippen molar-refractivity contribution >= 4 is 0 Å². The molecule has 0 aliphatic heterocycles. The summed E-state index contributed by atoms with van der Waals surface area (Å²) in [5.74, 6) is 0. The van der Waals surface area contributed by atoms with E-state index in [4.69, 9.17) is 11.5 Å². The third-order valence-corrected chi connectivity index (χ3v) is 0. The van der Waals surface area contributed by atoms with E-state index in [1.807, 2.05) is 0 Å². The molecule has 0 spiro atoms. The second-order valence-electron chi connectivity index (χ2n) is 1.57. The lowest BCUT2D eigenvalue weighted by Gasteiger charge is -1.83. The van der Waals surface area contributed by atoms with Crippen molar-refractivity contribution in [1.29, 1.82) is 0 Å². The van der Waals surface area contributed by atoms with Gasteiger partial charge < -0.3 is 11.5 Å². The topological polar surface area (TPSA) is 52.0 Å². The van der Waals surface area contributed by atoms with Crippen LogP contribution in [0.1, 0.15) is 27.2 Å². The molecule has 0 saturated heterocycles. The molecule has 0 saturated carbocycles. The van der Waals surface area contributed by atoms with Crippen LogP contribution in [-0.2, 0) is 0 Å². The Morgan fingerprint density at radius 2 is 1.29 bits per heavy atom. The van der Waals surface area contributed by atoms with Gasteiger partial charge in [-0.1, -0.05) is 20.3 Å². The first kappa shape index (κ1) is 10.0. The number of nitrogens with two attached hydrogens (primary N) is 2. The first-order valence-corrected chi connectivity index (χ1v) is 2.66. The maximum absolute atomic E-state index is 4.89. The summed E-state index contributed by atoms with van der Waals surface area (Å²) in [7, 11) is 0. The Kier molecular flexibility index (Phi) is 13.3. The first-order chi connectivity index (χ1) is 3.15. The van der Waals surface area contributed by atoms with Crippen molar-refractivity contribution in [3.63, 3.8) is 0 Å². The van der Waals surface area contributed by atoms with Gasteiger partial charge >= 0.3 is 0 Å². The molecule has 0 amide bonds. The summed E-state index contributed by atoms with van der Waals surface area (Å²) in [6, 6.07) is 0. The lowest BCUT2D eigenvalue weighted by Crippen LogP contribution is -2.25. The molecule has 0 rings (SSSR count). The van der Waals surface area contributed by atoms with E-state index >= 15 is 0 Å². The van der Waals surface area contributed by atoms with Gasteiger partial charge in [0.2, 0.25) is 0 Å². The molecule has 2 nitrogen and oxygen atoms in total. The van der Waals surface area contributed by atoms with E-state index < -0.39 is 0 Å². The van der Waals surface area contributed by atoms with E-state index in [1.165, 1.54) is 6.42 Å². The van der Waals surface area contributed by atoms with Crippen LogP contribution in [0.15, 0.2) is 0 Å². The van der Waals surface area contributed by atoms with E-state index in [1.54, 1.807) is 6.92 Å². The normalized spacial score (nSPS) is 7.71. The van der Waals surface area contributed by atoms with Gasteiger partial charge in [0, 0.05) is 6.17 Å². The average molecular weight is 104 g/mol. The fourth-order valence-electron chi connectivity index (χ4n) is 0. The first-order valence-electron chi connectivity index (χ1n) is 2.66. The lowest BCUT2D eigenvalue weighted by molar-refractivity contribution is 0.790. The fraction of sp³-hybridized carbons (Fsp3) is 1.00. The minimum absolute atomic E-state index is 0.167. The van der Waals surface area contributed by atoms with Gasteiger partial charge in [-0.3, -0.25) is 0 Å². The summed E-state index contributed by atoms with van der Waals surface area (Å²) >= 11 is 0. The predicted molar refractivity (Wildman–Crippen MR) is 33.8 cm³/mol. The van der Waals surface area contributed by atoms with Crippen molar-refractivity contribution in [1.82, 2.24) is 0 Å². The van der Waals surface area contributed by atoms with Gasteiger partial charge in [0.05, 0.1) is 0 Å². The van der Waals surface area contributed by atoms with E-state index in [9.17, 15) is 0 Å². The SMILES string of the molecule is CC(N)N.CCC. The smallest absolute Gasteiger partial charge is 0.0491 e. The summed E-state index contributed by atoms with van der Waals surface area (Å²) in [4.78, 5) is 0.